The summed E-state index contributed by atoms with van der Waals surface area (Å²) >= 11 is 0. The first-order valence-corrected chi connectivity index (χ1v) is 9.94. The van der Waals surface area contributed by atoms with Crippen LogP contribution < -0.4 is 5.32 Å². The van der Waals surface area contributed by atoms with E-state index in [2.05, 4.69) is 10.2 Å². The van der Waals surface area contributed by atoms with Gasteiger partial charge in [0.1, 0.15) is 5.76 Å². The number of furan rings is 1. The maximum absolute atomic E-state index is 13.2. The van der Waals surface area contributed by atoms with Gasteiger partial charge in [0, 0.05) is 19.1 Å². The smallest absolute Gasteiger partial charge is 0.416 e. The van der Waals surface area contributed by atoms with E-state index in [1.807, 2.05) is 6.07 Å². The summed E-state index contributed by atoms with van der Waals surface area (Å²) in [6.07, 6.45) is -6.35. The van der Waals surface area contributed by atoms with Crippen molar-refractivity contribution >= 4 is 11.9 Å². The standard InChI is InChI=1S/C17H19F3N2O.C4H6O6/c18-17(19,20)16-6-2-1-4-13(16)11-22(14-7-8-21-10-14)12-15-5-3-9-23-15;5-1(3(7)8)2(6)4(9)10/h1-6,9,14,21H,7-8,10-12H2;1-2,5-6H,(H,7,8)(H,9,10)/t14-;/m0./s1. The summed E-state index contributed by atoms with van der Waals surface area (Å²) in [4.78, 5) is 21.6. The van der Waals surface area contributed by atoms with Gasteiger partial charge in [0.2, 0.25) is 0 Å². The molecule has 182 valence electrons. The predicted octanol–water partition coefficient (Wildman–Crippen LogP) is 1.54. The van der Waals surface area contributed by atoms with Crippen LogP contribution in [0, 0.1) is 0 Å². The Kier molecular flexibility index (Phi) is 9.41. The van der Waals surface area contributed by atoms with E-state index in [9.17, 15) is 22.8 Å². The molecule has 1 saturated heterocycles. The highest BCUT2D eigenvalue weighted by Gasteiger charge is 2.34. The van der Waals surface area contributed by atoms with Gasteiger partial charge in [-0.3, -0.25) is 4.90 Å². The number of nitrogens with zero attached hydrogens (tertiary/aromatic N) is 1. The molecule has 0 amide bonds. The number of rotatable bonds is 8. The number of nitrogens with one attached hydrogen (secondary N) is 1. The van der Waals surface area contributed by atoms with Crippen molar-refractivity contribution in [3.8, 4) is 0 Å². The highest BCUT2D eigenvalue weighted by Crippen LogP contribution is 2.33. The third-order valence-electron chi connectivity index (χ3n) is 4.99. The van der Waals surface area contributed by atoms with Gasteiger partial charge in [-0.15, -0.1) is 0 Å². The molecule has 0 saturated carbocycles. The van der Waals surface area contributed by atoms with Gasteiger partial charge >= 0.3 is 18.1 Å². The lowest BCUT2D eigenvalue weighted by Crippen LogP contribution is -2.39. The molecule has 33 heavy (non-hydrogen) atoms. The molecule has 1 fully saturated rings. The van der Waals surface area contributed by atoms with Crippen LogP contribution in [-0.2, 0) is 28.9 Å². The average molecular weight is 474 g/mol. The molecule has 2 unspecified atom stereocenters. The Labute approximate surface area is 187 Å². The van der Waals surface area contributed by atoms with Crippen molar-refractivity contribution in [2.24, 2.45) is 0 Å². The Bertz CT molecular complexity index is 882. The summed E-state index contributed by atoms with van der Waals surface area (Å²) in [6, 6.07) is 9.65. The normalized spacial score (nSPS) is 17.8. The SMILES string of the molecule is FC(F)(F)c1ccccc1CN(Cc1ccco1)[C@H]1CCNC1.O=C(O)C(O)C(O)C(=O)O. The van der Waals surface area contributed by atoms with Crippen LogP contribution in [0.25, 0.3) is 0 Å². The van der Waals surface area contributed by atoms with Crippen LogP contribution in [0.3, 0.4) is 0 Å². The molecule has 0 spiro atoms. The van der Waals surface area contributed by atoms with Crippen LogP contribution in [0.5, 0.6) is 0 Å². The zero-order valence-corrected chi connectivity index (χ0v) is 17.4. The maximum Gasteiger partial charge on any atom is 0.416 e. The van der Waals surface area contributed by atoms with Gasteiger partial charge in [0.25, 0.3) is 0 Å². The molecule has 1 aliphatic heterocycles. The molecule has 0 aliphatic carbocycles. The lowest BCUT2D eigenvalue weighted by atomic mass is 10.1. The van der Waals surface area contributed by atoms with Crippen LogP contribution in [0.1, 0.15) is 23.3 Å². The number of hydrogen-bond donors (Lipinski definition) is 5. The third kappa shape index (κ3) is 7.86. The zero-order chi connectivity index (χ0) is 24.6. The Morgan fingerprint density at radius 3 is 2.18 bits per heavy atom. The second-order valence-electron chi connectivity index (χ2n) is 7.35. The van der Waals surface area contributed by atoms with Crippen molar-refractivity contribution in [3.05, 3.63) is 59.5 Å². The van der Waals surface area contributed by atoms with Gasteiger partial charge < -0.3 is 30.2 Å². The molecular formula is C21H25F3N2O7. The number of carboxylic acid groups (broad SMARTS) is 2. The van der Waals surface area contributed by atoms with E-state index >= 15 is 0 Å². The van der Waals surface area contributed by atoms with Gasteiger partial charge in [0.05, 0.1) is 18.4 Å². The van der Waals surface area contributed by atoms with Gasteiger partial charge in [-0.25, -0.2) is 9.59 Å². The topological polar surface area (TPSA) is 143 Å². The Balaban J connectivity index is 0.000000328. The highest BCUT2D eigenvalue weighted by atomic mass is 19.4. The monoisotopic (exact) mass is 474 g/mol. The number of aliphatic carboxylic acids is 2. The van der Waals surface area contributed by atoms with Gasteiger partial charge in [-0.2, -0.15) is 13.2 Å². The predicted molar refractivity (Wildman–Crippen MR) is 108 cm³/mol. The van der Waals surface area contributed by atoms with Crippen LogP contribution in [0.4, 0.5) is 13.2 Å². The van der Waals surface area contributed by atoms with Gasteiger partial charge in [-0.1, -0.05) is 18.2 Å². The molecule has 5 N–H and O–H groups in total. The quantitative estimate of drug-likeness (QED) is 0.385. The fraction of sp³-hybridized carbons (Fsp3) is 0.429. The number of aliphatic hydroxyl groups is 2. The third-order valence-corrected chi connectivity index (χ3v) is 4.99. The van der Waals surface area contributed by atoms with E-state index in [0.29, 0.717) is 12.1 Å². The van der Waals surface area contributed by atoms with Gasteiger partial charge in [0.15, 0.2) is 12.2 Å². The molecule has 1 aromatic heterocycles. The number of hydrogen-bond acceptors (Lipinski definition) is 7. The molecular weight excluding hydrogens is 449 g/mol. The summed E-state index contributed by atoms with van der Waals surface area (Å²) in [5.74, 6) is -2.77. The number of aliphatic hydroxyl groups excluding tert-OH is 2. The van der Waals surface area contributed by atoms with E-state index in [0.717, 1.165) is 31.3 Å². The number of halogens is 3. The van der Waals surface area contributed by atoms with E-state index in [1.54, 1.807) is 24.5 Å². The molecule has 9 nitrogen and oxygen atoms in total. The summed E-state index contributed by atoms with van der Waals surface area (Å²) in [5.41, 5.74) is -0.256. The largest absolute Gasteiger partial charge is 0.479 e. The minimum absolute atomic E-state index is 0.210. The summed E-state index contributed by atoms with van der Waals surface area (Å²) in [6.45, 7) is 2.43. The molecule has 2 heterocycles. The van der Waals surface area contributed by atoms with E-state index in [1.165, 1.54) is 6.07 Å². The highest BCUT2D eigenvalue weighted by molar-refractivity contribution is 5.83. The van der Waals surface area contributed by atoms with Crippen molar-refractivity contribution < 1.29 is 47.6 Å². The van der Waals surface area contributed by atoms with Gasteiger partial charge in [-0.05, 0) is 36.7 Å². The molecule has 1 aliphatic rings. The summed E-state index contributed by atoms with van der Waals surface area (Å²) < 4.78 is 45.0. The second kappa shape index (κ2) is 11.8. The lowest BCUT2D eigenvalue weighted by Gasteiger charge is -2.28. The zero-order valence-electron chi connectivity index (χ0n) is 17.4. The number of carboxylic acids is 2. The van der Waals surface area contributed by atoms with Crippen molar-refractivity contribution in [3.63, 3.8) is 0 Å². The Morgan fingerprint density at radius 1 is 1.06 bits per heavy atom. The lowest BCUT2D eigenvalue weighted by molar-refractivity contribution is -0.165. The van der Waals surface area contributed by atoms with Crippen LogP contribution in [0.15, 0.2) is 47.1 Å². The maximum atomic E-state index is 13.2. The van der Waals surface area contributed by atoms with E-state index < -0.39 is 35.9 Å². The average Bonchev–Trinajstić information content (AvgIpc) is 3.46. The molecule has 2 aromatic rings. The van der Waals surface area contributed by atoms with Crippen LogP contribution in [-0.4, -0.2) is 68.6 Å². The van der Waals surface area contributed by atoms with Crippen molar-refractivity contribution in [1.82, 2.24) is 10.2 Å². The van der Waals surface area contributed by atoms with E-state index in [4.69, 9.17) is 24.8 Å². The minimum Gasteiger partial charge on any atom is -0.479 e. The Morgan fingerprint density at radius 2 is 1.70 bits per heavy atom. The van der Waals surface area contributed by atoms with Crippen molar-refractivity contribution in [2.75, 3.05) is 13.1 Å². The molecule has 12 heteroatoms. The first kappa shape index (κ1) is 26.3. The molecule has 0 bridgehead atoms. The molecule has 0 radical (unpaired) electrons. The van der Waals surface area contributed by atoms with Crippen LogP contribution >= 0.6 is 0 Å². The first-order valence-electron chi connectivity index (χ1n) is 9.94. The fourth-order valence-corrected chi connectivity index (χ4v) is 3.29. The Hall–Kier alpha value is -2.93. The first-order chi connectivity index (χ1) is 15.5. The second-order valence-corrected chi connectivity index (χ2v) is 7.35. The van der Waals surface area contributed by atoms with Crippen LogP contribution in [0.2, 0.25) is 0 Å². The number of alkyl halides is 3. The summed E-state index contributed by atoms with van der Waals surface area (Å²) in [7, 11) is 0. The summed E-state index contributed by atoms with van der Waals surface area (Å²) in [5, 5.41) is 35.8. The molecule has 1 aromatic carbocycles. The van der Waals surface area contributed by atoms with E-state index in [-0.39, 0.29) is 12.6 Å². The minimum atomic E-state index is -4.33. The van der Waals surface area contributed by atoms with Crippen molar-refractivity contribution in [1.29, 1.82) is 0 Å². The molecule has 3 atom stereocenters. The van der Waals surface area contributed by atoms with Crippen molar-refractivity contribution in [2.45, 2.75) is 43.9 Å². The molecule has 3 rings (SSSR count). The number of benzene rings is 1. The fourth-order valence-electron chi connectivity index (χ4n) is 3.29. The number of carbonyl (C=O) groups is 2.